The first-order valence-corrected chi connectivity index (χ1v) is 6.60. The molecule has 2 rings (SSSR count). The van der Waals surface area contributed by atoms with E-state index in [-0.39, 0.29) is 28.1 Å². The SMILES string of the molecule is COC(=O)OCOc1ncccc1Oc1cc(N)c(F)cc1Cl. The second-order valence-electron chi connectivity index (χ2n) is 4.07. The number of carbonyl (C=O) groups excluding carboxylic acids is 1. The van der Waals surface area contributed by atoms with Crippen molar-refractivity contribution in [3.63, 3.8) is 0 Å². The normalized spacial score (nSPS) is 10.0. The number of carbonyl (C=O) groups is 1. The lowest BCUT2D eigenvalue weighted by Gasteiger charge is -2.12. The summed E-state index contributed by atoms with van der Waals surface area (Å²) in [5, 5.41) is 0.0253. The molecule has 2 aromatic rings. The zero-order valence-corrected chi connectivity index (χ0v) is 12.7. The van der Waals surface area contributed by atoms with E-state index in [9.17, 15) is 9.18 Å². The smallest absolute Gasteiger partial charge is 0.450 e. The molecule has 0 aliphatic rings. The molecule has 2 N–H and O–H groups in total. The third-order valence-electron chi connectivity index (χ3n) is 2.55. The van der Waals surface area contributed by atoms with Crippen LogP contribution in [0.5, 0.6) is 17.4 Å². The number of nitrogen functional groups attached to an aromatic ring is 1. The van der Waals surface area contributed by atoms with Crippen molar-refractivity contribution in [1.29, 1.82) is 0 Å². The molecular weight excluding hydrogens is 331 g/mol. The minimum Gasteiger partial charge on any atom is -0.450 e. The van der Waals surface area contributed by atoms with E-state index in [1.807, 2.05) is 0 Å². The number of nitrogens with zero attached hydrogens (tertiary/aromatic N) is 1. The van der Waals surface area contributed by atoms with Crippen LogP contribution in [0.4, 0.5) is 14.9 Å². The number of halogens is 2. The van der Waals surface area contributed by atoms with Gasteiger partial charge in [0, 0.05) is 12.3 Å². The van der Waals surface area contributed by atoms with Crippen LogP contribution >= 0.6 is 11.6 Å². The van der Waals surface area contributed by atoms with Gasteiger partial charge in [-0.15, -0.1) is 0 Å². The van der Waals surface area contributed by atoms with E-state index >= 15 is 0 Å². The van der Waals surface area contributed by atoms with Gasteiger partial charge in [0.2, 0.25) is 6.79 Å². The molecule has 0 bridgehead atoms. The second-order valence-corrected chi connectivity index (χ2v) is 4.48. The number of rotatable bonds is 5. The van der Waals surface area contributed by atoms with Crippen LogP contribution in [0.15, 0.2) is 30.5 Å². The molecule has 0 spiro atoms. The van der Waals surface area contributed by atoms with Crippen LogP contribution in [0.3, 0.4) is 0 Å². The van der Waals surface area contributed by atoms with Crippen molar-refractivity contribution in [2.45, 2.75) is 0 Å². The van der Waals surface area contributed by atoms with Gasteiger partial charge in [-0.1, -0.05) is 11.6 Å². The Bertz CT molecular complexity index is 714. The minimum absolute atomic E-state index is 0.0253. The van der Waals surface area contributed by atoms with Crippen LogP contribution in [0.1, 0.15) is 0 Å². The molecule has 1 heterocycles. The largest absolute Gasteiger partial charge is 0.510 e. The molecule has 0 saturated carbocycles. The summed E-state index contributed by atoms with van der Waals surface area (Å²) in [6, 6.07) is 5.39. The molecule has 1 aromatic heterocycles. The van der Waals surface area contributed by atoms with E-state index in [1.54, 1.807) is 6.07 Å². The number of methoxy groups -OCH3 is 1. The molecule has 1 aromatic carbocycles. The maximum Gasteiger partial charge on any atom is 0.510 e. The second kappa shape index (κ2) is 7.50. The zero-order chi connectivity index (χ0) is 16.8. The number of pyridine rings is 1. The summed E-state index contributed by atoms with van der Waals surface area (Å²) in [5.41, 5.74) is 5.36. The van der Waals surface area contributed by atoms with Crippen molar-refractivity contribution < 1.29 is 28.1 Å². The number of ether oxygens (including phenoxy) is 4. The first kappa shape index (κ1) is 16.6. The third kappa shape index (κ3) is 4.36. The average Bonchev–Trinajstić information content (AvgIpc) is 2.54. The summed E-state index contributed by atoms with van der Waals surface area (Å²) in [5.74, 6) is -0.321. The summed E-state index contributed by atoms with van der Waals surface area (Å²) in [4.78, 5) is 14.8. The summed E-state index contributed by atoms with van der Waals surface area (Å²) in [6.45, 7) is -0.431. The number of nitrogens with two attached hydrogens (primary N) is 1. The molecule has 0 fully saturated rings. The maximum atomic E-state index is 13.3. The number of aromatic nitrogens is 1. The Morgan fingerprint density at radius 3 is 2.91 bits per heavy atom. The highest BCUT2D eigenvalue weighted by Gasteiger charge is 2.13. The zero-order valence-electron chi connectivity index (χ0n) is 11.9. The van der Waals surface area contributed by atoms with Gasteiger partial charge in [-0.3, -0.25) is 0 Å². The third-order valence-corrected chi connectivity index (χ3v) is 2.84. The lowest BCUT2D eigenvalue weighted by molar-refractivity contribution is 0.0124. The van der Waals surface area contributed by atoms with Gasteiger partial charge in [-0.05, 0) is 18.2 Å². The Hall–Kier alpha value is -2.74. The predicted octanol–water partition coefficient (Wildman–Crippen LogP) is 3.37. The van der Waals surface area contributed by atoms with Crippen molar-refractivity contribution in [1.82, 2.24) is 4.98 Å². The van der Waals surface area contributed by atoms with E-state index in [2.05, 4.69) is 14.5 Å². The molecule has 122 valence electrons. The summed E-state index contributed by atoms with van der Waals surface area (Å²) >= 11 is 5.90. The minimum atomic E-state index is -0.905. The quantitative estimate of drug-likeness (QED) is 0.506. The number of anilines is 1. The monoisotopic (exact) mass is 342 g/mol. The Morgan fingerprint density at radius 2 is 2.17 bits per heavy atom. The molecule has 0 saturated heterocycles. The number of hydrogen-bond acceptors (Lipinski definition) is 7. The highest BCUT2D eigenvalue weighted by molar-refractivity contribution is 6.32. The fraction of sp³-hybridized carbons (Fsp3) is 0.143. The lowest BCUT2D eigenvalue weighted by Crippen LogP contribution is -2.11. The molecule has 0 radical (unpaired) electrons. The van der Waals surface area contributed by atoms with Crippen LogP contribution in [-0.2, 0) is 9.47 Å². The molecule has 0 unspecified atom stereocenters. The first-order chi connectivity index (χ1) is 11.0. The first-order valence-electron chi connectivity index (χ1n) is 6.22. The predicted molar refractivity (Wildman–Crippen MR) is 79.1 cm³/mol. The highest BCUT2D eigenvalue weighted by atomic mass is 35.5. The molecule has 23 heavy (non-hydrogen) atoms. The topological polar surface area (TPSA) is 92.9 Å². The van der Waals surface area contributed by atoms with Crippen LogP contribution in [0.2, 0.25) is 5.02 Å². The molecule has 0 atom stereocenters. The van der Waals surface area contributed by atoms with Gasteiger partial charge in [0.05, 0.1) is 17.8 Å². The molecule has 7 nitrogen and oxygen atoms in total. The van der Waals surface area contributed by atoms with E-state index in [0.29, 0.717) is 0 Å². The van der Waals surface area contributed by atoms with Crippen molar-refractivity contribution in [3.05, 3.63) is 41.3 Å². The van der Waals surface area contributed by atoms with E-state index in [4.69, 9.17) is 26.8 Å². The van der Waals surface area contributed by atoms with Crippen molar-refractivity contribution in [2.75, 3.05) is 19.6 Å². The number of hydrogen-bond donors (Lipinski definition) is 1. The molecule has 0 aliphatic heterocycles. The van der Waals surface area contributed by atoms with Crippen LogP contribution in [-0.4, -0.2) is 25.0 Å². The van der Waals surface area contributed by atoms with Crippen LogP contribution < -0.4 is 15.2 Å². The molecule has 0 aliphatic carbocycles. The summed E-state index contributed by atoms with van der Waals surface area (Å²) in [7, 11) is 1.17. The van der Waals surface area contributed by atoms with Crippen LogP contribution in [0.25, 0.3) is 0 Å². The Balaban J connectivity index is 2.14. The molecule has 0 amide bonds. The van der Waals surface area contributed by atoms with Gasteiger partial charge in [0.1, 0.15) is 11.6 Å². The Morgan fingerprint density at radius 1 is 1.39 bits per heavy atom. The van der Waals surface area contributed by atoms with Crippen molar-refractivity contribution in [2.24, 2.45) is 0 Å². The number of benzene rings is 1. The van der Waals surface area contributed by atoms with E-state index in [0.717, 1.165) is 6.07 Å². The Labute approximate surface area is 135 Å². The standard InChI is InChI=1S/C14H12ClFN2O5/c1-20-14(19)22-7-21-13-11(3-2-4-18-13)23-12-6-10(17)9(16)5-8(12)15/h2-6H,7,17H2,1H3. The van der Waals surface area contributed by atoms with Crippen LogP contribution in [0, 0.1) is 5.82 Å². The lowest BCUT2D eigenvalue weighted by atomic mass is 10.3. The van der Waals surface area contributed by atoms with Gasteiger partial charge in [-0.2, -0.15) is 0 Å². The van der Waals surface area contributed by atoms with Gasteiger partial charge in [-0.25, -0.2) is 14.2 Å². The summed E-state index contributed by atoms with van der Waals surface area (Å²) in [6.07, 6.45) is 0.541. The van der Waals surface area contributed by atoms with Crippen molar-refractivity contribution >= 4 is 23.4 Å². The van der Waals surface area contributed by atoms with Gasteiger partial charge < -0.3 is 24.7 Å². The summed E-state index contributed by atoms with van der Waals surface area (Å²) < 4.78 is 32.9. The Kier molecular flexibility index (Phi) is 5.42. The average molecular weight is 343 g/mol. The van der Waals surface area contributed by atoms with Gasteiger partial charge >= 0.3 is 6.16 Å². The maximum absolute atomic E-state index is 13.3. The highest BCUT2D eigenvalue weighted by Crippen LogP contribution is 2.35. The fourth-order valence-corrected chi connectivity index (χ4v) is 1.68. The van der Waals surface area contributed by atoms with E-state index in [1.165, 1.54) is 25.4 Å². The molecular formula is C14H12ClFN2O5. The molecule has 9 heteroatoms. The fourth-order valence-electron chi connectivity index (χ4n) is 1.50. The van der Waals surface area contributed by atoms with Crippen molar-refractivity contribution in [3.8, 4) is 17.4 Å². The van der Waals surface area contributed by atoms with E-state index < -0.39 is 18.8 Å². The van der Waals surface area contributed by atoms with Gasteiger partial charge in [0.25, 0.3) is 5.88 Å². The van der Waals surface area contributed by atoms with Gasteiger partial charge in [0.15, 0.2) is 5.75 Å².